The van der Waals surface area contributed by atoms with Crippen molar-refractivity contribution in [1.29, 1.82) is 0 Å². The van der Waals surface area contributed by atoms with E-state index < -0.39 is 43.0 Å². The third-order valence-corrected chi connectivity index (χ3v) is 9.79. The number of halogens is 5. The van der Waals surface area contributed by atoms with Gasteiger partial charge in [-0.05, 0) is 31.0 Å². The van der Waals surface area contributed by atoms with Gasteiger partial charge < -0.3 is 4.43 Å². The first-order chi connectivity index (χ1) is 11.8. The number of hydrogen-bond acceptors (Lipinski definition) is 1. The Morgan fingerprint density at radius 3 is 1.60 bits per heavy atom. The van der Waals surface area contributed by atoms with Gasteiger partial charge >= 0.3 is 0 Å². The van der Waals surface area contributed by atoms with Crippen LogP contribution < -0.4 is 0 Å². The van der Waals surface area contributed by atoms with Crippen molar-refractivity contribution in [3.63, 3.8) is 0 Å². The zero-order valence-corrected chi connectivity index (χ0v) is 16.2. The Bertz CT molecular complexity index is 524. The lowest BCUT2D eigenvalue weighted by Crippen LogP contribution is -2.34. The molecule has 0 fully saturated rings. The van der Waals surface area contributed by atoms with Crippen molar-refractivity contribution in [3.8, 4) is 0 Å². The van der Waals surface area contributed by atoms with Crippen LogP contribution in [0.15, 0.2) is 0 Å². The summed E-state index contributed by atoms with van der Waals surface area (Å²) >= 11 is 0. The summed E-state index contributed by atoms with van der Waals surface area (Å²) in [6.07, 6.45) is 3.84. The van der Waals surface area contributed by atoms with Crippen LogP contribution in [-0.4, -0.2) is 15.4 Å². The fourth-order valence-electron chi connectivity index (χ4n) is 3.14. The molecule has 1 nitrogen and oxygen atoms in total. The van der Waals surface area contributed by atoms with Crippen LogP contribution in [0.1, 0.15) is 51.5 Å². The van der Waals surface area contributed by atoms with E-state index in [1.54, 1.807) is 7.11 Å². The van der Waals surface area contributed by atoms with Gasteiger partial charge in [0.25, 0.3) is 0 Å². The molecule has 0 radical (unpaired) electrons. The molecule has 0 N–H and O–H groups in total. The second kappa shape index (κ2) is 10.3. The highest BCUT2D eigenvalue weighted by molar-refractivity contribution is 6.73. The summed E-state index contributed by atoms with van der Waals surface area (Å²) in [6, 6.07) is 3.26. The molecule has 1 rings (SSSR count). The largest absolute Gasteiger partial charge is 0.420 e. The zero-order valence-electron chi connectivity index (χ0n) is 15.2. The third-order valence-electron chi connectivity index (χ3n) is 5.08. The van der Waals surface area contributed by atoms with Gasteiger partial charge in [-0.1, -0.05) is 39.5 Å². The second-order valence-electron chi connectivity index (χ2n) is 6.41. The van der Waals surface area contributed by atoms with Crippen molar-refractivity contribution < 1.29 is 26.4 Å². The normalized spacial score (nSPS) is 12.0. The molecule has 0 aliphatic heterocycles. The highest BCUT2D eigenvalue weighted by Gasteiger charge is 2.28. The van der Waals surface area contributed by atoms with E-state index in [4.69, 9.17) is 4.43 Å². The number of benzene rings is 1. The standard InChI is InChI=1S/C18H27F5OSi/c1-4-25(5-2,24-3)12-10-8-6-7-9-11-13-14(19)16(21)18(23)17(22)15(13)20/h4-12H2,1-3H3. The Balaban J connectivity index is 2.40. The summed E-state index contributed by atoms with van der Waals surface area (Å²) in [5.74, 6) is -9.25. The van der Waals surface area contributed by atoms with Crippen LogP contribution in [0, 0.1) is 29.1 Å². The molecule has 0 aromatic heterocycles. The van der Waals surface area contributed by atoms with E-state index in [1.807, 2.05) is 0 Å². The topological polar surface area (TPSA) is 9.23 Å². The lowest BCUT2D eigenvalue weighted by molar-refractivity contribution is 0.368. The Kier molecular flexibility index (Phi) is 9.06. The van der Waals surface area contributed by atoms with Gasteiger partial charge in [-0.3, -0.25) is 0 Å². The second-order valence-corrected chi connectivity index (χ2v) is 11.1. The predicted octanol–water partition coefficient (Wildman–Crippen LogP) is 6.51. The van der Waals surface area contributed by atoms with Crippen molar-refractivity contribution in [2.75, 3.05) is 7.11 Å². The minimum absolute atomic E-state index is 0.146. The Morgan fingerprint density at radius 1 is 0.680 bits per heavy atom. The van der Waals surface area contributed by atoms with Crippen LogP contribution in [0.4, 0.5) is 22.0 Å². The van der Waals surface area contributed by atoms with Crippen LogP contribution in [0.5, 0.6) is 0 Å². The summed E-state index contributed by atoms with van der Waals surface area (Å²) in [4.78, 5) is 0. The van der Waals surface area contributed by atoms with E-state index in [0.29, 0.717) is 12.8 Å². The van der Waals surface area contributed by atoms with Crippen LogP contribution in [0.2, 0.25) is 18.1 Å². The maximum atomic E-state index is 13.6. The molecule has 25 heavy (non-hydrogen) atoms. The molecule has 0 heterocycles. The van der Waals surface area contributed by atoms with E-state index in [2.05, 4.69) is 13.8 Å². The summed E-state index contributed by atoms with van der Waals surface area (Å²) in [7, 11) is 0.192. The molecule has 1 aromatic carbocycles. The molecule has 0 saturated heterocycles. The molecule has 0 bridgehead atoms. The van der Waals surface area contributed by atoms with Gasteiger partial charge in [0.15, 0.2) is 31.6 Å². The van der Waals surface area contributed by atoms with Gasteiger partial charge in [-0.2, -0.15) is 0 Å². The SMILES string of the molecule is CC[Si](CC)(CCCCCCCc1c(F)c(F)c(F)c(F)c1F)OC. The smallest absolute Gasteiger partial charge is 0.200 e. The molecule has 0 amide bonds. The predicted molar refractivity (Wildman–Crippen MR) is 91.6 cm³/mol. The van der Waals surface area contributed by atoms with E-state index in [9.17, 15) is 22.0 Å². The molecule has 0 saturated carbocycles. The van der Waals surface area contributed by atoms with Crippen LogP contribution in [0.25, 0.3) is 0 Å². The van der Waals surface area contributed by atoms with Gasteiger partial charge in [-0.25, -0.2) is 22.0 Å². The fraction of sp³-hybridized carbons (Fsp3) is 0.667. The maximum absolute atomic E-state index is 13.6. The highest BCUT2D eigenvalue weighted by atomic mass is 28.4. The molecular formula is C18H27F5OSi. The lowest BCUT2D eigenvalue weighted by atomic mass is 10.0. The fourth-order valence-corrected chi connectivity index (χ4v) is 6.03. The van der Waals surface area contributed by atoms with E-state index in [1.165, 1.54) is 0 Å². The Labute approximate surface area is 147 Å². The summed E-state index contributed by atoms with van der Waals surface area (Å²) in [5, 5.41) is 0. The third kappa shape index (κ3) is 5.51. The minimum atomic E-state index is -2.10. The maximum Gasteiger partial charge on any atom is 0.200 e. The van der Waals surface area contributed by atoms with E-state index in [-0.39, 0.29) is 6.42 Å². The van der Waals surface area contributed by atoms with Crippen molar-refractivity contribution in [2.24, 2.45) is 0 Å². The van der Waals surface area contributed by atoms with Gasteiger partial charge in [0.1, 0.15) is 0 Å². The van der Waals surface area contributed by atoms with Crippen LogP contribution >= 0.6 is 0 Å². The van der Waals surface area contributed by atoms with Gasteiger partial charge in [0.05, 0.1) is 0 Å². The number of unbranched alkanes of at least 4 members (excludes halogenated alkanes) is 4. The number of rotatable bonds is 11. The molecule has 0 aliphatic carbocycles. The molecule has 0 unspecified atom stereocenters. The molecule has 0 spiro atoms. The zero-order chi connectivity index (χ0) is 19.0. The number of hydrogen-bond donors (Lipinski definition) is 0. The first kappa shape index (κ1) is 22.1. The van der Waals surface area contributed by atoms with E-state index in [0.717, 1.165) is 37.4 Å². The Hall–Kier alpha value is -0.953. The monoisotopic (exact) mass is 382 g/mol. The quantitative estimate of drug-likeness (QED) is 0.139. The van der Waals surface area contributed by atoms with Gasteiger partial charge in [0.2, 0.25) is 5.82 Å². The summed E-state index contributed by atoms with van der Waals surface area (Å²) < 4.78 is 72.1. The van der Waals surface area contributed by atoms with Crippen molar-refractivity contribution >= 4 is 8.32 Å². The first-order valence-electron chi connectivity index (χ1n) is 8.89. The molecule has 1 aromatic rings. The summed E-state index contributed by atoms with van der Waals surface area (Å²) in [6.45, 7) is 4.31. The average Bonchev–Trinajstić information content (AvgIpc) is 2.63. The summed E-state index contributed by atoms with van der Waals surface area (Å²) in [5.41, 5.74) is -0.709. The Morgan fingerprint density at radius 2 is 1.12 bits per heavy atom. The van der Waals surface area contributed by atoms with Crippen molar-refractivity contribution in [3.05, 3.63) is 34.6 Å². The van der Waals surface area contributed by atoms with Crippen molar-refractivity contribution in [1.82, 2.24) is 0 Å². The first-order valence-corrected chi connectivity index (χ1v) is 11.4. The molecule has 7 heteroatoms. The lowest BCUT2D eigenvalue weighted by Gasteiger charge is -2.27. The highest BCUT2D eigenvalue weighted by Crippen LogP contribution is 2.26. The van der Waals surface area contributed by atoms with Crippen molar-refractivity contribution in [2.45, 2.75) is 70.5 Å². The van der Waals surface area contributed by atoms with E-state index >= 15 is 0 Å². The van der Waals surface area contributed by atoms with Gasteiger partial charge in [-0.15, -0.1) is 0 Å². The molecular weight excluding hydrogens is 355 g/mol. The van der Waals surface area contributed by atoms with Crippen LogP contribution in [-0.2, 0) is 10.8 Å². The minimum Gasteiger partial charge on any atom is -0.420 e. The molecule has 144 valence electrons. The molecule has 0 atom stereocenters. The molecule has 0 aliphatic rings. The average molecular weight is 382 g/mol. The van der Waals surface area contributed by atoms with Crippen LogP contribution in [0.3, 0.4) is 0 Å². The van der Waals surface area contributed by atoms with Gasteiger partial charge in [0, 0.05) is 12.7 Å².